The minimum absolute atomic E-state index is 0.0627. The molecule has 0 spiro atoms. The molecule has 2 N–H and O–H groups in total. The van der Waals surface area contributed by atoms with E-state index in [9.17, 15) is 4.79 Å². The van der Waals surface area contributed by atoms with Gasteiger partial charge in [0.25, 0.3) is 0 Å². The predicted molar refractivity (Wildman–Crippen MR) is 84.8 cm³/mol. The first-order chi connectivity index (χ1) is 10.2. The molecule has 21 heavy (non-hydrogen) atoms. The van der Waals surface area contributed by atoms with Gasteiger partial charge in [-0.05, 0) is 30.0 Å². The minimum Gasteiger partial charge on any atom is -0.395 e. The fourth-order valence-corrected chi connectivity index (χ4v) is 2.10. The number of ether oxygens (including phenoxy) is 1. The summed E-state index contributed by atoms with van der Waals surface area (Å²) in [5.74, 6) is 0. The van der Waals surface area contributed by atoms with E-state index in [-0.39, 0.29) is 12.6 Å². The summed E-state index contributed by atoms with van der Waals surface area (Å²) < 4.78 is 5.00. The maximum atomic E-state index is 12.3. The lowest BCUT2D eigenvalue weighted by Gasteiger charge is -2.23. The second-order valence-electron chi connectivity index (χ2n) is 4.83. The minimum atomic E-state index is -0.205. The first-order valence-electron chi connectivity index (χ1n) is 7.43. The van der Waals surface area contributed by atoms with Gasteiger partial charge in [-0.2, -0.15) is 0 Å². The number of hydrogen-bond acceptors (Lipinski definition) is 3. The molecule has 118 valence electrons. The molecular weight excluding hydrogens is 268 g/mol. The van der Waals surface area contributed by atoms with Gasteiger partial charge in [-0.25, -0.2) is 4.79 Å². The number of methoxy groups -OCH3 is 1. The molecule has 1 aromatic rings. The van der Waals surface area contributed by atoms with E-state index in [0.717, 1.165) is 24.1 Å². The third-order valence-corrected chi connectivity index (χ3v) is 3.43. The maximum Gasteiger partial charge on any atom is 0.322 e. The van der Waals surface area contributed by atoms with Crippen molar-refractivity contribution in [2.45, 2.75) is 26.7 Å². The quantitative estimate of drug-likeness (QED) is 0.773. The number of benzene rings is 1. The van der Waals surface area contributed by atoms with Crippen LogP contribution in [-0.4, -0.2) is 49.5 Å². The van der Waals surface area contributed by atoms with Crippen LogP contribution in [0.25, 0.3) is 0 Å². The number of urea groups is 1. The van der Waals surface area contributed by atoms with Crippen molar-refractivity contribution in [1.82, 2.24) is 4.90 Å². The third-order valence-electron chi connectivity index (χ3n) is 3.43. The molecule has 0 unspecified atom stereocenters. The van der Waals surface area contributed by atoms with Crippen LogP contribution in [0, 0.1) is 0 Å². The van der Waals surface area contributed by atoms with Crippen LogP contribution in [0.4, 0.5) is 10.5 Å². The highest BCUT2D eigenvalue weighted by atomic mass is 16.5. The van der Waals surface area contributed by atoms with E-state index in [1.807, 2.05) is 6.07 Å². The Labute approximate surface area is 126 Å². The Morgan fingerprint density at radius 2 is 2.05 bits per heavy atom. The monoisotopic (exact) mass is 294 g/mol. The number of rotatable bonds is 8. The molecule has 0 aliphatic rings. The van der Waals surface area contributed by atoms with Crippen molar-refractivity contribution < 1.29 is 14.6 Å². The Kier molecular flexibility index (Phi) is 7.79. The fraction of sp³-hybridized carbons (Fsp3) is 0.562. The Bertz CT molecular complexity index is 449. The van der Waals surface area contributed by atoms with Gasteiger partial charge in [-0.1, -0.05) is 26.0 Å². The number of nitrogens with zero attached hydrogens (tertiary/aromatic N) is 1. The molecule has 0 fully saturated rings. The molecule has 0 saturated carbocycles. The van der Waals surface area contributed by atoms with Gasteiger partial charge in [0.05, 0.1) is 13.2 Å². The summed E-state index contributed by atoms with van der Waals surface area (Å²) in [7, 11) is 1.59. The largest absolute Gasteiger partial charge is 0.395 e. The van der Waals surface area contributed by atoms with Crippen molar-refractivity contribution in [3.8, 4) is 0 Å². The van der Waals surface area contributed by atoms with Gasteiger partial charge < -0.3 is 20.1 Å². The lowest BCUT2D eigenvalue weighted by molar-refractivity contribution is 0.142. The lowest BCUT2D eigenvalue weighted by atomic mass is 10.1. The first-order valence-corrected chi connectivity index (χ1v) is 7.43. The van der Waals surface area contributed by atoms with Crippen molar-refractivity contribution in [2.75, 3.05) is 38.7 Å². The maximum absolute atomic E-state index is 12.3. The number of nitrogens with one attached hydrogen (secondary N) is 1. The predicted octanol–water partition coefficient (Wildman–Crippen LogP) is 2.28. The first kappa shape index (κ1) is 17.5. The van der Waals surface area contributed by atoms with E-state index in [1.165, 1.54) is 5.56 Å². The van der Waals surface area contributed by atoms with E-state index in [1.54, 1.807) is 12.0 Å². The number of aliphatic hydroxyl groups is 1. The Hall–Kier alpha value is -1.59. The topological polar surface area (TPSA) is 61.8 Å². The zero-order chi connectivity index (χ0) is 15.7. The smallest absolute Gasteiger partial charge is 0.322 e. The molecular formula is C16H26N2O3. The highest BCUT2D eigenvalue weighted by molar-refractivity contribution is 5.90. The molecule has 5 heteroatoms. The summed E-state index contributed by atoms with van der Waals surface area (Å²) in [6.45, 7) is 5.29. The Morgan fingerprint density at radius 1 is 1.29 bits per heavy atom. The van der Waals surface area contributed by atoms with E-state index < -0.39 is 0 Å². The summed E-state index contributed by atoms with van der Waals surface area (Å²) >= 11 is 0. The van der Waals surface area contributed by atoms with Crippen molar-refractivity contribution in [2.24, 2.45) is 0 Å². The van der Waals surface area contributed by atoms with Crippen LogP contribution in [0.2, 0.25) is 0 Å². The molecule has 1 aromatic carbocycles. The molecule has 0 saturated heterocycles. The van der Waals surface area contributed by atoms with E-state index in [2.05, 4.69) is 31.3 Å². The zero-order valence-corrected chi connectivity index (χ0v) is 13.2. The molecule has 2 amide bonds. The molecule has 0 heterocycles. The van der Waals surface area contributed by atoms with Crippen LogP contribution >= 0.6 is 0 Å². The summed E-state index contributed by atoms with van der Waals surface area (Å²) in [6.07, 6.45) is 1.79. The van der Waals surface area contributed by atoms with Crippen LogP contribution in [0.15, 0.2) is 18.2 Å². The second-order valence-corrected chi connectivity index (χ2v) is 4.83. The number of aliphatic hydroxyl groups excluding tert-OH is 1. The van der Waals surface area contributed by atoms with E-state index in [4.69, 9.17) is 9.84 Å². The van der Waals surface area contributed by atoms with Gasteiger partial charge in [0.2, 0.25) is 0 Å². The number of aryl methyl sites for hydroxylation is 2. The van der Waals surface area contributed by atoms with Crippen molar-refractivity contribution >= 4 is 11.7 Å². The number of hydrogen-bond donors (Lipinski definition) is 2. The van der Waals surface area contributed by atoms with Crippen LogP contribution in [0.3, 0.4) is 0 Å². The molecule has 0 aliphatic heterocycles. The van der Waals surface area contributed by atoms with Crippen molar-refractivity contribution in [3.63, 3.8) is 0 Å². The van der Waals surface area contributed by atoms with Gasteiger partial charge in [0, 0.05) is 25.9 Å². The molecule has 5 nitrogen and oxygen atoms in total. The average molecular weight is 294 g/mol. The standard InChI is InChI=1S/C16H26N2O3/c1-4-13-6-7-14(5-2)15(12-13)17-16(20)18(8-10-19)9-11-21-3/h6-7,12,19H,4-5,8-11H2,1-3H3,(H,17,20). The van der Waals surface area contributed by atoms with Crippen LogP contribution in [0.1, 0.15) is 25.0 Å². The normalized spacial score (nSPS) is 10.5. The van der Waals surface area contributed by atoms with Gasteiger partial charge in [0.15, 0.2) is 0 Å². The average Bonchev–Trinajstić information content (AvgIpc) is 2.51. The lowest BCUT2D eigenvalue weighted by Crippen LogP contribution is -2.39. The molecule has 0 aromatic heterocycles. The SMILES string of the molecule is CCc1ccc(CC)c(NC(=O)N(CCO)CCOC)c1. The van der Waals surface area contributed by atoms with Crippen molar-refractivity contribution in [1.29, 1.82) is 0 Å². The number of amides is 2. The number of carbonyl (C=O) groups is 1. The fourth-order valence-electron chi connectivity index (χ4n) is 2.10. The van der Waals surface area contributed by atoms with Gasteiger partial charge >= 0.3 is 6.03 Å². The Balaban J connectivity index is 2.83. The second kappa shape index (κ2) is 9.37. The van der Waals surface area contributed by atoms with E-state index in [0.29, 0.717) is 19.7 Å². The van der Waals surface area contributed by atoms with Crippen LogP contribution < -0.4 is 5.32 Å². The van der Waals surface area contributed by atoms with Crippen molar-refractivity contribution in [3.05, 3.63) is 29.3 Å². The van der Waals surface area contributed by atoms with Gasteiger partial charge in [0.1, 0.15) is 0 Å². The van der Waals surface area contributed by atoms with E-state index >= 15 is 0 Å². The van der Waals surface area contributed by atoms with Gasteiger partial charge in [-0.15, -0.1) is 0 Å². The molecule has 0 bridgehead atoms. The highest BCUT2D eigenvalue weighted by Crippen LogP contribution is 2.19. The Morgan fingerprint density at radius 3 is 2.62 bits per heavy atom. The summed E-state index contributed by atoms with van der Waals surface area (Å²) in [4.78, 5) is 13.9. The van der Waals surface area contributed by atoms with Gasteiger partial charge in [-0.3, -0.25) is 0 Å². The number of anilines is 1. The van der Waals surface area contributed by atoms with Crippen LogP contribution in [0.5, 0.6) is 0 Å². The third kappa shape index (κ3) is 5.36. The molecule has 1 rings (SSSR count). The molecule has 0 aliphatic carbocycles. The zero-order valence-electron chi connectivity index (χ0n) is 13.2. The molecule has 0 radical (unpaired) electrons. The summed E-state index contributed by atoms with van der Waals surface area (Å²) in [5, 5.41) is 12.0. The summed E-state index contributed by atoms with van der Waals surface area (Å²) in [6, 6.07) is 5.96. The summed E-state index contributed by atoms with van der Waals surface area (Å²) in [5.41, 5.74) is 3.14. The molecule has 0 atom stereocenters. The number of carbonyl (C=O) groups excluding carboxylic acids is 1. The highest BCUT2D eigenvalue weighted by Gasteiger charge is 2.14. The van der Waals surface area contributed by atoms with Crippen LogP contribution in [-0.2, 0) is 17.6 Å².